The van der Waals surface area contributed by atoms with Gasteiger partial charge in [-0.2, -0.15) is 18.4 Å². The lowest BCUT2D eigenvalue weighted by molar-refractivity contribution is -0.154. The van der Waals surface area contributed by atoms with Crippen LogP contribution in [0, 0.1) is 11.3 Å². The van der Waals surface area contributed by atoms with Crippen molar-refractivity contribution < 1.29 is 22.7 Å². The third-order valence-corrected chi connectivity index (χ3v) is 3.51. The van der Waals surface area contributed by atoms with Crippen molar-refractivity contribution in [3.8, 4) is 23.2 Å². The molecular formula is C17H11F3N6O2. The van der Waals surface area contributed by atoms with Crippen molar-refractivity contribution in [2.24, 2.45) is 5.73 Å². The Bertz CT molecular complexity index is 1100. The Morgan fingerprint density at radius 3 is 2.71 bits per heavy atom. The van der Waals surface area contributed by atoms with Crippen LogP contribution >= 0.6 is 0 Å². The summed E-state index contributed by atoms with van der Waals surface area (Å²) in [5.74, 6) is -1.06. The maximum atomic E-state index is 12.2. The van der Waals surface area contributed by atoms with E-state index in [9.17, 15) is 18.0 Å². The van der Waals surface area contributed by atoms with Gasteiger partial charge in [0.05, 0.1) is 11.9 Å². The molecule has 0 bridgehead atoms. The molecule has 3 N–H and O–H groups in total. The molecule has 11 heteroatoms. The van der Waals surface area contributed by atoms with Gasteiger partial charge in [0, 0.05) is 29.6 Å². The van der Waals surface area contributed by atoms with Crippen molar-refractivity contribution in [3.05, 3.63) is 41.9 Å². The molecule has 3 heterocycles. The van der Waals surface area contributed by atoms with Crippen molar-refractivity contribution >= 4 is 23.1 Å². The molecule has 0 saturated carbocycles. The lowest BCUT2D eigenvalue weighted by Gasteiger charge is -2.08. The molecule has 0 spiro atoms. The fraction of sp³-hybridized carbons (Fsp3) is 0.118. The van der Waals surface area contributed by atoms with Crippen molar-refractivity contribution in [1.82, 2.24) is 19.9 Å². The number of nitrogens with one attached hydrogen (secondary N) is 1. The lowest BCUT2D eigenvalue weighted by atomic mass is 10.1. The Labute approximate surface area is 155 Å². The first kappa shape index (κ1) is 18.8. The van der Waals surface area contributed by atoms with Gasteiger partial charge in [0.15, 0.2) is 12.3 Å². The topological polar surface area (TPSA) is 131 Å². The van der Waals surface area contributed by atoms with Gasteiger partial charge in [0.25, 0.3) is 5.91 Å². The highest BCUT2D eigenvalue weighted by atomic mass is 19.4. The first-order valence-electron chi connectivity index (χ1n) is 7.68. The maximum absolute atomic E-state index is 12.2. The number of rotatable bonds is 5. The van der Waals surface area contributed by atoms with E-state index in [1.165, 1.54) is 36.8 Å². The summed E-state index contributed by atoms with van der Waals surface area (Å²) in [6.07, 6.45) is 1.09. The van der Waals surface area contributed by atoms with Crippen LogP contribution < -0.4 is 10.5 Å². The average Bonchev–Trinajstić information content (AvgIpc) is 3.06. The molecule has 0 unspecified atom stereocenters. The molecular weight excluding hydrogens is 377 g/mol. The minimum Gasteiger partial charge on any atom is -0.468 e. The number of nitrogens with zero attached hydrogens (tertiary/aromatic N) is 4. The molecule has 0 aromatic carbocycles. The summed E-state index contributed by atoms with van der Waals surface area (Å²) in [7, 11) is 0. The second-order valence-electron chi connectivity index (χ2n) is 5.52. The number of pyridine rings is 1. The fourth-order valence-corrected chi connectivity index (χ4v) is 2.25. The molecule has 8 nitrogen and oxygen atoms in total. The first-order valence-corrected chi connectivity index (χ1v) is 7.68. The predicted octanol–water partition coefficient (Wildman–Crippen LogP) is 2.35. The second kappa shape index (κ2) is 7.36. The highest BCUT2D eigenvalue weighted by Crippen LogP contribution is 2.24. The van der Waals surface area contributed by atoms with Crippen molar-refractivity contribution in [2.45, 2.75) is 6.18 Å². The molecule has 0 atom stereocenters. The minimum atomic E-state index is -4.46. The van der Waals surface area contributed by atoms with Crippen LogP contribution in [-0.4, -0.2) is 38.6 Å². The summed E-state index contributed by atoms with van der Waals surface area (Å²) in [5.41, 5.74) is 6.97. The number of nitrogens with two attached hydrogens (primary N) is 1. The van der Waals surface area contributed by atoms with Gasteiger partial charge in [0.1, 0.15) is 17.2 Å². The van der Waals surface area contributed by atoms with Crippen LogP contribution in [0.15, 0.2) is 36.3 Å². The highest BCUT2D eigenvalue weighted by molar-refractivity contribution is 6.02. The van der Waals surface area contributed by atoms with E-state index in [1.807, 2.05) is 0 Å². The number of nitriles is 1. The SMILES string of the molecule is N#CC(=Cc1c[nH]c2ncc(-c3ccc(OCC(F)(F)F)nc3)nc12)C(N)=O. The van der Waals surface area contributed by atoms with E-state index in [0.29, 0.717) is 28.0 Å². The lowest BCUT2D eigenvalue weighted by Crippen LogP contribution is -2.19. The Kier molecular flexibility index (Phi) is 4.95. The normalized spacial score (nSPS) is 12.0. The van der Waals surface area contributed by atoms with E-state index >= 15 is 0 Å². The van der Waals surface area contributed by atoms with Gasteiger partial charge >= 0.3 is 6.18 Å². The Morgan fingerprint density at radius 1 is 1.32 bits per heavy atom. The molecule has 0 aliphatic heterocycles. The number of hydrogen-bond acceptors (Lipinski definition) is 6. The van der Waals surface area contributed by atoms with Crippen molar-refractivity contribution in [3.63, 3.8) is 0 Å². The molecule has 1 amide bonds. The second-order valence-corrected chi connectivity index (χ2v) is 5.52. The number of H-pyrrole nitrogens is 1. The van der Waals surface area contributed by atoms with Gasteiger partial charge in [-0.15, -0.1) is 0 Å². The number of aromatic amines is 1. The van der Waals surface area contributed by atoms with E-state index < -0.39 is 18.7 Å². The summed E-state index contributed by atoms with van der Waals surface area (Å²) in [6.45, 7) is -1.44. The summed E-state index contributed by atoms with van der Waals surface area (Å²) >= 11 is 0. The average molecular weight is 388 g/mol. The summed E-state index contributed by atoms with van der Waals surface area (Å²) < 4.78 is 41.1. The molecule has 0 saturated heterocycles. The summed E-state index contributed by atoms with van der Waals surface area (Å²) in [6, 6.07) is 4.47. The number of carbonyl (C=O) groups is 1. The largest absolute Gasteiger partial charge is 0.468 e. The molecule has 0 aliphatic carbocycles. The summed E-state index contributed by atoms with van der Waals surface area (Å²) in [4.78, 5) is 26.5. The Balaban J connectivity index is 1.91. The Morgan fingerprint density at radius 2 is 2.11 bits per heavy atom. The third-order valence-electron chi connectivity index (χ3n) is 3.51. The number of primary amides is 1. The van der Waals surface area contributed by atoms with Crippen LogP contribution in [0.3, 0.4) is 0 Å². The van der Waals surface area contributed by atoms with Crippen LogP contribution in [0.4, 0.5) is 13.2 Å². The number of alkyl halides is 3. The number of fused-ring (bicyclic) bond motifs is 1. The highest BCUT2D eigenvalue weighted by Gasteiger charge is 2.28. The number of hydrogen-bond donors (Lipinski definition) is 2. The number of amides is 1. The molecule has 28 heavy (non-hydrogen) atoms. The van der Waals surface area contributed by atoms with Crippen molar-refractivity contribution in [1.29, 1.82) is 5.26 Å². The smallest absolute Gasteiger partial charge is 0.422 e. The third kappa shape index (κ3) is 4.24. The van der Waals surface area contributed by atoms with E-state index in [1.54, 1.807) is 6.07 Å². The van der Waals surface area contributed by atoms with Gasteiger partial charge in [-0.1, -0.05) is 0 Å². The van der Waals surface area contributed by atoms with Crippen LogP contribution in [0.1, 0.15) is 5.56 Å². The van der Waals surface area contributed by atoms with E-state index in [2.05, 4.69) is 24.7 Å². The van der Waals surface area contributed by atoms with Gasteiger partial charge in [0.2, 0.25) is 5.88 Å². The van der Waals surface area contributed by atoms with Gasteiger partial charge < -0.3 is 15.5 Å². The minimum absolute atomic E-state index is 0.180. The Hall–Kier alpha value is -3.94. The number of carbonyl (C=O) groups excluding carboxylic acids is 1. The van der Waals surface area contributed by atoms with Crippen LogP contribution in [0.25, 0.3) is 28.5 Å². The van der Waals surface area contributed by atoms with Crippen LogP contribution in [0.5, 0.6) is 5.88 Å². The zero-order valence-electron chi connectivity index (χ0n) is 14.0. The van der Waals surface area contributed by atoms with Gasteiger partial charge in [-0.05, 0) is 12.1 Å². The van der Waals surface area contributed by atoms with Gasteiger partial charge in [-0.25, -0.2) is 15.0 Å². The molecule has 3 rings (SSSR count). The van der Waals surface area contributed by atoms with E-state index in [-0.39, 0.29) is 11.5 Å². The monoisotopic (exact) mass is 388 g/mol. The number of halogens is 3. The van der Waals surface area contributed by atoms with Crippen LogP contribution in [0.2, 0.25) is 0 Å². The van der Waals surface area contributed by atoms with E-state index in [4.69, 9.17) is 11.0 Å². The fourth-order valence-electron chi connectivity index (χ4n) is 2.25. The molecule has 3 aromatic heterocycles. The van der Waals surface area contributed by atoms with Crippen molar-refractivity contribution in [2.75, 3.05) is 6.61 Å². The predicted molar refractivity (Wildman–Crippen MR) is 91.5 cm³/mol. The number of ether oxygens (including phenoxy) is 1. The summed E-state index contributed by atoms with van der Waals surface area (Å²) in [5, 5.41) is 8.96. The molecule has 0 fully saturated rings. The number of aromatic nitrogens is 4. The maximum Gasteiger partial charge on any atom is 0.422 e. The van der Waals surface area contributed by atoms with Crippen LogP contribution in [-0.2, 0) is 4.79 Å². The zero-order valence-corrected chi connectivity index (χ0v) is 14.0. The zero-order chi connectivity index (χ0) is 20.3. The van der Waals surface area contributed by atoms with E-state index in [0.717, 1.165) is 0 Å². The molecule has 0 radical (unpaired) electrons. The van der Waals surface area contributed by atoms with Gasteiger partial charge in [-0.3, -0.25) is 4.79 Å². The molecule has 3 aromatic rings. The molecule has 142 valence electrons. The molecule has 0 aliphatic rings. The first-order chi connectivity index (χ1) is 13.3. The quantitative estimate of drug-likeness (QED) is 0.510. The standard InChI is InChI=1S/C17H11F3N6O2/c18-17(19,20)8-28-13-2-1-9(5-23-13)12-7-25-16-14(26-12)11(6-24-16)3-10(4-21)15(22)27/h1-3,5-7H,8H2,(H2,22,27)(H,24,25).